The smallest absolute Gasteiger partial charge is 0.253 e. The molecule has 0 bridgehead atoms. The molecular formula is C14H10BrNOS2. The van der Waals surface area contributed by atoms with E-state index in [1.807, 2.05) is 41.1 Å². The Bertz CT molecular complexity index is 732. The number of fused-ring (bicyclic) bond motifs is 1. The van der Waals surface area contributed by atoms with Crippen LogP contribution in [0.1, 0.15) is 15.2 Å². The standard InChI is InChI=1S/C14H10BrNOS2/c15-9-5-10(18-7-9)6-16-14(17)12-8-19-13-4-2-1-3-11(12)13/h1-5,7-8H,6H2,(H,16,17). The Balaban J connectivity index is 1.77. The molecule has 1 N–H and O–H groups in total. The lowest BCUT2D eigenvalue weighted by Gasteiger charge is -2.02. The van der Waals surface area contributed by atoms with Gasteiger partial charge in [0, 0.05) is 30.2 Å². The van der Waals surface area contributed by atoms with Gasteiger partial charge in [-0.05, 0) is 28.1 Å². The van der Waals surface area contributed by atoms with Crippen molar-refractivity contribution in [3.63, 3.8) is 0 Å². The maximum absolute atomic E-state index is 12.2. The quantitative estimate of drug-likeness (QED) is 0.730. The summed E-state index contributed by atoms with van der Waals surface area (Å²) in [4.78, 5) is 13.3. The Labute approximate surface area is 127 Å². The van der Waals surface area contributed by atoms with Crippen molar-refractivity contribution in [2.45, 2.75) is 6.54 Å². The van der Waals surface area contributed by atoms with Gasteiger partial charge in [-0.15, -0.1) is 22.7 Å². The van der Waals surface area contributed by atoms with Gasteiger partial charge < -0.3 is 5.32 Å². The van der Waals surface area contributed by atoms with Gasteiger partial charge in [0.2, 0.25) is 0 Å². The number of thiophene rings is 2. The molecule has 3 rings (SSSR count). The molecule has 1 amide bonds. The molecule has 5 heteroatoms. The first kappa shape index (κ1) is 12.8. The van der Waals surface area contributed by atoms with Crippen LogP contribution in [0, 0.1) is 0 Å². The highest BCUT2D eigenvalue weighted by Gasteiger charge is 2.11. The average Bonchev–Trinajstić information content (AvgIpc) is 3.02. The van der Waals surface area contributed by atoms with Crippen molar-refractivity contribution in [2.24, 2.45) is 0 Å². The highest BCUT2D eigenvalue weighted by molar-refractivity contribution is 9.10. The van der Waals surface area contributed by atoms with E-state index < -0.39 is 0 Å². The number of rotatable bonds is 3. The first-order chi connectivity index (χ1) is 9.24. The fraction of sp³-hybridized carbons (Fsp3) is 0.0714. The second kappa shape index (κ2) is 5.45. The summed E-state index contributed by atoms with van der Waals surface area (Å²) in [6, 6.07) is 10.00. The minimum absolute atomic E-state index is 0.0121. The van der Waals surface area contributed by atoms with E-state index >= 15 is 0 Å². The van der Waals surface area contributed by atoms with Crippen molar-refractivity contribution >= 4 is 54.6 Å². The maximum atomic E-state index is 12.2. The number of carbonyl (C=O) groups excluding carboxylic acids is 1. The van der Waals surface area contributed by atoms with Crippen molar-refractivity contribution in [3.8, 4) is 0 Å². The third kappa shape index (κ3) is 2.73. The predicted octanol–water partition coefficient (Wildman–Crippen LogP) is 4.66. The number of hydrogen-bond acceptors (Lipinski definition) is 3. The van der Waals surface area contributed by atoms with E-state index in [2.05, 4.69) is 21.2 Å². The number of carbonyl (C=O) groups is 1. The van der Waals surface area contributed by atoms with Gasteiger partial charge in [-0.25, -0.2) is 0 Å². The summed E-state index contributed by atoms with van der Waals surface area (Å²) in [6.45, 7) is 0.569. The van der Waals surface area contributed by atoms with E-state index in [0.29, 0.717) is 6.54 Å². The largest absolute Gasteiger partial charge is 0.347 e. The Morgan fingerprint density at radius 2 is 2.05 bits per heavy atom. The molecule has 0 unspecified atom stereocenters. The molecule has 0 saturated heterocycles. The average molecular weight is 352 g/mol. The zero-order chi connectivity index (χ0) is 13.2. The van der Waals surface area contributed by atoms with Gasteiger partial charge in [-0.2, -0.15) is 0 Å². The number of nitrogens with one attached hydrogen (secondary N) is 1. The summed E-state index contributed by atoms with van der Waals surface area (Å²) >= 11 is 6.65. The molecule has 0 atom stereocenters. The van der Waals surface area contributed by atoms with Crippen LogP contribution in [0.4, 0.5) is 0 Å². The molecule has 0 aliphatic carbocycles. The maximum Gasteiger partial charge on any atom is 0.253 e. The minimum Gasteiger partial charge on any atom is -0.347 e. The summed E-state index contributed by atoms with van der Waals surface area (Å²) in [7, 11) is 0. The molecule has 2 aromatic heterocycles. The number of hydrogen-bond donors (Lipinski definition) is 1. The highest BCUT2D eigenvalue weighted by atomic mass is 79.9. The Hall–Kier alpha value is -1.17. The molecule has 1 aromatic carbocycles. The van der Waals surface area contributed by atoms with E-state index in [9.17, 15) is 4.79 Å². The summed E-state index contributed by atoms with van der Waals surface area (Å²) in [5.41, 5.74) is 0.760. The molecule has 2 nitrogen and oxygen atoms in total. The fourth-order valence-corrected chi connectivity index (χ4v) is 4.19. The summed E-state index contributed by atoms with van der Waals surface area (Å²) in [5.74, 6) is -0.0121. The van der Waals surface area contributed by atoms with Crippen LogP contribution in [-0.4, -0.2) is 5.91 Å². The lowest BCUT2D eigenvalue weighted by Crippen LogP contribution is -2.21. The van der Waals surface area contributed by atoms with Crippen LogP contribution in [0.5, 0.6) is 0 Å². The van der Waals surface area contributed by atoms with Crippen LogP contribution < -0.4 is 5.32 Å². The first-order valence-corrected chi connectivity index (χ1v) is 8.26. The van der Waals surface area contributed by atoms with Gasteiger partial charge in [0.25, 0.3) is 5.91 Å². The van der Waals surface area contributed by atoms with Crippen LogP contribution in [0.2, 0.25) is 0 Å². The molecule has 0 aliphatic heterocycles. The van der Waals surface area contributed by atoms with Gasteiger partial charge in [0.15, 0.2) is 0 Å². The van der Waals surface area contributed by atoms with E-state index in [1.54, 1.807) is 22.7 Å². The van der Waals surface area contributed by atoms with Crippen LogP contribution in [0.25, 0.3) is 10.1 Å². The van der Waals surface area contributed by atoms with E-state index in [4.69, 9.17) is 0 Å². The summed E-state index contributed by atoms with van der Waals surface area (Å²) in [6.07, 6.45) is 0. The van der Waals surface area contributed by atoms with Crippen molar-refractivity contribution in [1.29, 1.82) is 0 Å². The second-order valence-corrected chi connectivity index (χ2v) is 6.88. The van der Waals surface area contributed by atoms with Crippen LogP contribution in [-0.2, 0) is 6.54 Å². The monoisotopic (exact) mass is 351 g/mol. The Morgan fingerprint density at radius 1 is 1.21 bits per heavy atom. The molecule has 0 saturated carbocycles. The summed E-state index contributed by atoms with van der Waals surface area (Å²) in [5, 5.41) is 7.93. The molecule has 19 heavy (non-hydrogen) atoms. The predicted molar refractivity (Wildman–Crippen MR) is 85.0 cm³/mol. The molecule has 2 heterocycles. The van der Waals surface area contributed by atoms with Crippen molar-refractivity contribution in [3.05, 3.63) is 56.0 Å². The second-order valence-electron chi connectivity index (χ2n) is 4.06. The zero-order valence-electron chi connectivity index (χ0n) is 9.85. The normalized spacial score (nSPS) is 10.8. The molecule has 0 aliphatic rings. The molecule has 0 spiro atoms. The van der Waals surface area contributed by atoms with Crippen molar-refractivity contribution in [2.75, 3.05) is 0 Å². The topological polar surface area (TPSA) is 29.1 Å². The van der Waals surface area contributed by atoms with Crippen molar-refractivity contribution in [1.82, 2.24) is 5.32 Å². The molecule has 0 radical (unpaired) electrons. The number of halogens is 1. The highest BCUT2D eigenvalue weighted by Crippen LogP contribution is 2.25. The zero-order valence-corrected chi connectivity index (χ0v) is 13.1. The van der Waals surface area contributed by atoms with Crippen LogP contribution in [0.15, 0.2) is 45.6 Å². The van der Waals surface area contributed by atoms with Gasteiger partial charge in [-0.3, -0.25) is 4.79 Å². The van der Waals surface area contributed by atoms with Crippen LogP contribution in [0.3, 0.4) is 0 Å². The third-order valence-electron chi connectivity index (χ3n) is 2.77. The molecular weight excluding hydrogens is 342 g/mol. The van der Waals surface area contributed by atoms with Crippen molar-refractivity contribution < 1.29 is 4.79 Å². The summed E-state index contributed by atoms with van der Waals surface area (Å²) < 4.78 is 2.20. The first-order valence-electron chi connectivity index (χ1n) is 5.71. The Kier molecular flexibility index (Phi) is 3.68. The van der Waals surface area contributed by atoms with Gasteiger partial charge in [-0.1, -0.05) is 18.2 Å². The lowest BCUT2D eigenvalue weighted by atomic mass is 10.1. The van der Waals surface area contributed by atoms with Crippen LogP contribution >= 0.6 is 38.6 Å². The number of benzene rings is 1. The SMILES string of the molecule is O=C(NCc1cc(Br)cs1)c1csc2ccccc12. The molecule has 0 fully saturated rings. The van der Waals surface area contributed by atoms with E-state index in [1.165, 1.54) is 0 Å². The molecule has 96 valence electrons. The van der Waals surface area contributed by atoms with E-state index in [-0.39, 0.29) is 5.91 Å². The van der Waals surface area contributed by atoms with E-state index in [0.717, 1.165) is 25.0 Å². The number of amides is 1. The fourth-order valence-electron chi connectivity index (χ4n) is 1.86. The van der Waals surface area contributed by atoms with Gasteiger partial charge in [0.1, 0.15) is 0 Å². The van der Waals surface area contributed by atoms with Gasteiger partial charge in [0.05, 0.1) is 12.1 Å². The molecule has 3 aromatic rings. The lowest BCUT2D eigenvalue weighted by molar-refractivity contribution is 0.0953. The third-order valence-corrected chi connectivity index (χ3v) is 5.43. The van der Waals surface area contributed by atoms with Gasteiger partial charge >= 0.3 is 0 Å². The minimum atomic E-state index is -0.0121. The Morgan fingerprint density at radius 3 is 2.84 bits per heavy atom.